The highest BCUT2D eigenvalue weighted by Crippen LogP contribution is 2.30. The van der Waals surface area contributed by atoms with E-state index in [1.165, 1.54) is 0 Å². The van der Waals surface area contributed by atoms with Gasteiger partial charge in [0.25, 0.3) is 0 Å². The maximum Gasteiger partial charge on any atom is 0.365 e. The third kappa shape index (κ3) is 3.16. The minimum Gasteiger partial charge on any atom is -0.481 e. The number of nitro groups is 1. The maximum atomic E-state index is 12.6. The van der Waals surface area contributed by atoms with E-state index >= 15 is 0 Å². The van der Waals surface area contributed by atoms with Crippen LogP contribution in [0, 0.1) is 10.1 Å². The molecule has 0 aliphatic rings. The highest BCUT2D eigenvalue weighted by atomic mass is 79.9. The summed E-state index contributed by atoms with van der Waals surface area (Å²) >= 11 is 2.82. The van der Waals surface area contributed by atoms with E-state index in [0.717, 1.165) is 6.07 Å². The van der Waals surface area contributed by atoms with Gasteiger partial charge in [-0.2, -0.15) is 0 Å². The van der Waals surface area contributed by atoms with Gasteiger partial charge in [-0.15, -0.1) is 0 Å². The molecule has 0 aromatic carbocycles. The zero-order chi connectivity index (χ0) is 13.2. The Hall–Kier alpha value is -1.64. The summed E-state index contributed by atoms with van der Waals surface area (Å²) in [5, 5.41) is 19.0. The van der Waals surface area contributed by atoms with Crippen molar-refractivity contribution >= 4 is 27.7 Å². The quantitative estimate of drug-likeness (QED) is 0.680. The van der Waals surface area contributed by atoms with E-state index in [9.17, 15) is 23.7 Å². The number of carboxylic acid groups (broad SMARTS) is 1. The average Bonchev–Trinajstić information content (AvgIpc) is 2.19. The van der Waals surface area contributed by atoms with Crippen molar-refractivity contribution in [2.45, 2.75) is 12.8 Å². The highest BCUT2D eigenvalue weighted by Gasteiger charge is 2.27. The molecule has 9 heteroatoms. The third-order valence-corrected chi connectivity index (χ3v) is 2.52. The molecule has 1 aromatic heterocycles. The number of halogens is 3. The van der Waals surface area contributed by atoms with Gasteiger partial charge in [-0.1, -0.05) is 15.9 Å². The molecule has 0 aliphatic heterocycles. The van der Waals surface area contributed by atoms with Gasteiger partial charge in [0, 0.05) is 10.0 Å². The first-order chi connectivity index (χ1) is 7.82. The molecule has 1 rings (SSSR count). The zero-order valence-electron chi connectivity index (χ0n) is 8.06. The SMILES string of the molecule is O=C(O)Cc1c(Br)cc([N+](=O)[O-])nc1C(F)F. The number of hydrogen-bond donors (Lipinski definition) is 1. The van der Waals surface area contributed by atoms with E-state index in [4.69, 9.17) is 5.11 Å². The van der Waals surface area contributed by atoms with E-state index in [2.05, 4.69) is 20.9 Å². The van der Waals surface area contributed by atoms with Crippen LogP contribution in [0.1, 0.15) is 17.7 Å². The fraction of sp³-hybridized carbons (Fsp3) is 0.250. The molecule has 0 bridgehead atoms. The van der Waals surface area contributed by atoms with Crippen molar-refractivity contribution in [3.8, 4) is 0 Å². The van der Waals surface area contributed by atoms with E-state index in [1.807, 2.05) is 0 Å². The second kappa shape index (κ2) is 5.13. The summed E-state index contributed by atoms with van der Waals surface area (Å²) in [6.07, 6.45) is -3.77. The molecule has 0 atom stereocenters. The summed E-state index contributed by atoms with van der Waals surface area (Å²) in [5.41, 5.74) is -1.16. The van der Waals surface area contributed by atoms with Gasteiger partial charge in [0.15, 0.2) is 0 Å². The summed E-state index contributed by atoms with van der Waals surface area (Å²) in [7, 11) is 0. The Morgan fingerprint density at radius 1 is 1.65 bits per heavy atom. The number of rotatable bonds is 4. The molecule has 0 fully saturated rings. The molecule has 0 amide bonds. The summed E-state index contributed by atoms with van der Waals surface area (Å²) in [5.74, 6) is -2.09. The predicted molar refractivity (Wildman–Crippen MR) is 54.9 cm³/mol. The van der Waals surface area contributed by atoms with Crippen molar-refractivity contribution in [3.63, 3.8) is 0 Å². The molecule has 0 radical (unpaired) electrons. The number of aliphatic carboxylic acids is 1. The molecule has 6 nitrogen and oxygen atoms in total. The van der Waals surface area contributed by atoms with Crippen LogP contribution in [0.15, 0.2) is 10.5 Å². The van der Waals surface area contributed by atoms with Gasteiger partial charge >= 0.3 is 18.2 Å². The van der Waals surface area contributed by atoms with Crippen LogP contribution in [0.3, 0.4) is 0 Å². The first kappa shape index (κ1) is 13.4. The molecule has 1 heterocycles. The monoisotopic (exact) mass is 310 g/mol. The molecule has 1 N–H and O–H groups in total. The van der Waals surface area contributed by atoms with Gasteiger partial charge in [-0.3, -0.25) is 4.79 Å². The van der Waals surface area contributed by atoms with Gasteiger partial charge in [0.2, 0.25) is 5.69 Å². The lowest BCUT2D eigenvalue weighted by Crippen LogP contribution is -2.08. The van der Waals surface area contributed by atoms with Crippen molar-refractivity contribution in [2.75, 3.05) is 0 Å². The lowest BCUT2D eigenvalue weighted by molar-refractivity contribution is -0.389. The van der Waals surface area contributed by atoms with Crippen LogP contribution in [-0.4, -0.2) is 21.0 Å². The third-order valence-electron chi connectivity index (χ3n) is 1.81. The van der Waals surface area contributed by atoms with Gasteiger partial charge in [0.05, 0.1) is 12.5 Å². The second-order valence-electron chi connectivity index (χ2n) is 2.95. The molecule has 0 aliphatic carbocycles. The first-order valence-corrected chi connectivity index (χ1v) is 4.96. The second-order valence-corrected chi connectivity index (χ2v) is 3.81. The normalized spacial score (nSPS) is 10.6. The summed E-state index contributed by atoms with van der Waals surface area (Å²) in [4.78, 5) is 23.1. The van der Waals surface area contributed by atoms with Gasteiger partial charge in [0.1, 0.15) is 0 Å². The smallest absolute Gasteiger partial charge is 0.365 e. The largest absolute Gasteiger partial charge is 0.481 e. The average molecular weight is 311 g/mol. The fourth-order valence-electron chi connectivity index (χ4n) is 1.15. The van der Waals surface area contributed by atoms with Crippen LogP contribution >= 0.6 is 15.9 Å². The number of alkyl halides is 2. The molecule has 92 valence electrons. The highest BCUT2D eigenvalue weighted by molar-refractivity contribution is 9.10. The Morgan fingerprint density at radius 2 is 2.24 bits per heavy atom. The van der Waals surface area contributed by atoms with Crippen LogP contribution in [0.25, 0.3) is 0 Å². The standard InChI is InChI=1S/C8H5BrF2N2O4/c9-4-2-5(13(16)17)12-7(8(10)11)3(4)1-6(14)15/h2,8H,1H2,(H,14,15). The number of carbonyl (C=O) groups is 1. The van der Waals surface area contributed by atoms with E-state index in [1.54, 1.807) is 0 Å². The zero-order valence-corrected chi connectivity index (χ0v) is 9.65. The molecule has 0 saturated heterocycles. The Morgan fingerprint density at radius 3 is 2.65 bits per heavy atom. The van der Waals surface area contributed by atoms with Crippen LogP contribution in [0.5, 0.6) is 0 Å². The van der Waals surface area contributed by atoms with Gasteiger partial charge in [-0.25, -0.2) is 8.78 Å². The lowest BCUT2D eigenvalue weighted by atomic mass is 10.1. The van der Waals surface area contributed by atoms with Crippen molar-refractivity contribution in [1.29, 1.82) is 0 Å². The molecular weight excluding hydrogens is 306 g/mol. The Labute approximate surface area is 102 Å². The maximum absolute atomic E-state index is 12.6. The van der Waals surface area contributed by atoms with Crippen LogP contribution in [0.4, 0.5) is 14.6 Å². The molecule has 0 saturated carbocycles. The van der Waals surface area contributed by atoms with Crippen LogP contribution in [-0.2, 0) is 11.2 Å². The lowest BCUT2D eigenvalue weighted by Gasteiger charge is -2.05. The Bertz CT molecular complexity index is 481. The minimum atomic E-state index is -3.08. The topological polar surface area (TPSA) is 93.3 Å². The van der Waals surface area contributed by atoms with Crippen molar-refractivity contribution in [2.24, 2.45) is 0 Å². The number of carboxylic acids is 1. The van der Waals surface area contributed by atoms with Gasteiger partial charge in [-0.05, 0) is 9.91 Å². The predicted octanol–water partition coefficient (Wildman–Crippen LogP) is 2.32. The van der Waals surface area contributed by atoms with E-state index in [0.29, 0.717) is 0 Å². The van der Waals surface area contributed by atoms with E-state index < -0.39 is 35.3 Å². The minimum absolute atomic E-state index is 0.0723. The van der Waals surface area contributed by atoms with Crippen LogP contribution in [0.2, 0.25) is 0 Å². The molecule has 0 unspecified atom stereocenters. The van der Waals surface area contributed by atoms with Crippen molar-refractivity contribution in [3.05, 3.63) is 31.9 Å². The van der Waals surface area contributed by atoms with Crippen molar-refractivity contribution in [1.82, 2.24) is 4.98 Å². The number of aromatic nitrogens is 1. The molecular formula is C8H5BrF2N2O4. The summed E-state index contributed by atoms with van der Waals surface area (Å²) in [6.45, 7) is 0. The summed E-state index contributed by atoms with van der Waals surface area (Å²) in [6, 6.07) is 0.893. The van der Waals surface area contributed by atoms with E-state index in [-0.39, 0.29) is 10.0 Å². The Balaban J connectivity index is 3.38. The number of nitrogens with zero attached hydrogens (tertiary/aromatic N) is 2. The molecule has 17 heavy (non-hydrogen) atoms. The number of pyridine rings is 1. The number of hydrogen-bond acceptors (Lipinski definition) is 4. The van der Waals surface area contributed by atoms with Crippen LogP contribution < -0.4 is 0 Å². The van der Waals surface area contributed by atoms with Crippen molar-refractivity contribution < 1.29 is 23.6 Å². The molecule has 0 spiro atoms. The molecule has 1 aromatic rings. The summed E-state index contributed by atoms with van der Waals surface area (Å²) < 4.78 is 25.1. The fourth-order valence-corrected chi connectivity index (χ4v) is 1.69. The van der Waals surface area contributed by atoms with Gasteiger partial charge < -0.3 is 15.2 Å². The first-order valence-electron chi connectivity index (χ1n) is 4.16. The Kier molecular flexibility index (Phi) is 4.05.